The molecule has 1 N–H and O–H groups in total. The molecule has 32 heavy (non-hydrogen) atoms. The number of carbonyl (C=O) groups is 1. The quantitative estimate of drug-likeness (QED) is 0.678. The zero-order chi connectivity index (χ0) is 22.2. The number of aromatic nitrogens is 2. The second-order valence-corrected chi connectivity index (χ2v) is 8.44. The van der Waals surface area contributed by atoms with Crippen LogP contribution in [0.1, 0.15) is 39.6 Å². The predicted octanol–water partition coefficient (Wildman–Crippen LogP) is 3.87. The van der Waals surface area contributed by atoms with E-state index in [4.69, 9.17) is 4.98 Å². The number of aromatic hydroxyl groups is 1. The minimum atomic E-state index is -0.212. The molecule has 1 fully saturated rings. The second-order valence-electron chi connectivity index (χ2n) is 8.44. The smallest absolute Gasteiger partial charge is 0.225 e. The Kier molecular flexibility index (Phi) is 5.25. The molecule has 2 heterocycles. The molecule has 1 aliphatic carbocycles. The molecule has 5 rings (SSSR count). The maximum atomic E-state index is 14.1. The first-order valence-electron chi connectivity index (χ1n) is 10.9. The Bertz CT molecular complexity index is 1170. The summed E-state index contributed by atoms with van der Waals surface area (Å²) in [7, 11) is 0. The third-order valence-electron chi connectivity index (χ3n) is 6.44. The average Bonchev–Trinajstić information content (AvgIpc) is 2.79. The molecule has 2 aliphatic rings. The molecular formula is C25H25FN4O2. The molecule has 1 saturated heterocycles. The zero-order valence-electron chi connectivity index (χ0n) is 18.0. The molecule has 0 radical (unpaired) electrons. The van der Waals surface area contributed by atoms with Crippen LogP contribution in [0, 0.1) is 12.7 Å². The fraction of sp³-hybridized carbons (Fsp3) is 0.320. The van der Waals surface area contributed by atoms with Crippen molar-refractivity contribution < 1.29 is 14.3 Å². The number of carbonyl (C=O) groups excluding carboxylic acids is 1. The minimum Gasteiger partial charge on any atom is -0.508 e. The van der Waals surface area contributed by atoms with Crippen molar-refractivity contribution in [3.8, 4) is 5.75 Å². The van der Waals surface area contributed by atoms with Gasteiger partial charge in [0.2, 0.25) is 5.95 Å². The number of phenolic OH excluding ortho intramolecular Hbond substituents is 1. The van der Waals surface area contributed by atoms with E-state index in [1.165, 1.54) is 6.07 Å². The van der Waals surface area contributed by atoms with Gasteiger partial charge in [-0.25, -0.2) is 14.4 Å². The standard InChI is InChI=1S/C25H25FN4O2/c1-16-24-20(14-17(15-23(24)32)18-6-2-5-9-22(18)31)28-25(27-16)30-12-10-29(11-13-30)21-8-4-3-7-19(21)26/h2-9,17,31H,10-15H2,1H3/t17-/m1/s1. The molecule has 1 aromatic heterocycles. The lowest BCUT2D eigenvalue weighted by Gasteiger charge is -2.36. The SMILES string of the molecule is Cc1nc(N2CCN(c3ccccc3F)CC2)nc2c1C(=O)C[C@H](c1ccccc1O)C2. The number of para-hydroxylation sites is 2. The van der Waals surface area contributed by atoms with E-state index in [1.54, 1.807) is 24.3 Å². The van der Waals surface area contributed by atoms with Crippen molar-refractivity contribution in [3.05, 3.63) is 76.9 Å². The summed E-state index contributed by atoms with van der Waals surface area (Å²) in [6, 6.07) is 14.0. The van der Waals surface area contributed by atoms with Crippen molar-refractivity contribution in [2.75, 3.05) is 36.0 Å². The molecule has 6 nitrogen and oxygen atoms in total. The first kappa shape index (κ1) is 20.4. The molecule has 1 atom stereocenters. The molecule has 164 valence electrons. The number of benzene rings is 2. The number of fused-ring (bicyclic) bond motifs is 1. The summed E-state index contributed by atoms with van der Waals surface area (Å²) < 4.78 is 14.1. The minimum absolute atomic E-state index is 0.0212. The number of hydrogen-bond donors (Lipinski definition) is 1. The fourth-order valence-corrected chi connectivity index (χ4v) is 4.81. The van der Waals surface area contributed by atoms with Crippen LogP contribution in [0.25, 0.3) is 0 Å². The van der Waals surface area contributed by atoms with Crippen molar-refractivity contribution in [1.29, 1.82) is 0 Å². The van der Waals surface area contributed by atoms with Crippen LogP contribution >= 0.6 is 0 Å². The van der Waals surface area contributed by atoms with Gasteiger partial charge in [0.05, 0.1) is 22.6 Å². The van der Waals surface area contributed by atoms with E-state index in [1.807, 2.05) is 30.0 Å². The maximum absolute atomic E-state index is 14.1. The van der Waals surface area contributed by atoms with E-state index in [0.717, 1.165) is 11.3 Å². The Morgan fingerprint density at radius 1 is 0.938 bits per heavy atom. The Morgan fingerprint density at radius 3 is 2.38 bits per heavy atom. The molecule has 0 saturated carbocycles. The molecule has 0 unspecified atom stereocenters. The lowest BCUT2D eigenvalue weighted by molar-refractivity contribution is 0.0961. The molecule has 7 heteroatoms. The van der Waals surface area contributed by atoms with Crippen molar-refractivity contribution in [2.45, 2.75) is 25.7 Å². The summed E-state index contributed by atoms with van der Waals surface area (Å²) in [6.45, 7) is 4.53. The number of anilines is 2. The molecule has 0 amide bonds. The molecule has 2 aromatic carbocycles. The lowest BCUT2D eigenvalue weighted by atomic mass is 9.81. The predicted molar refractivity (Wildman–Crippen MR) is 121 cm³/mol. The molecule has 1 aliphatic heterocycles. The van der Waals surface area contributed by atoms with Gasteiger partial charge in [0.25, 0.3) is 0 Å². The summed E-state index contributed by atoms with van der Waals surface area (Å²) in [5.74, 6) is 0.531. The van der Waals surface area contributed by atoms with E-state index in [2.05, 4.69) is 9.88 Å². The number of aryl methyl sites for hydroxylation is 1. The Balaban J connectivity index is 1.38. The molecule has 3 aromatic rings. The van der Waals surface area contributed by atoms with Gasteiger partial charge in [-0.05, 0) is 37.1 Å². The second kappa shape index (κ2) is 8.22. The maximum Gasteiger partial charge on any atom is 0.225 e. The average molecular weight is 432 g/mol. The number of halogens is 1. The van der Waals surface area contributed by atoms with Crippen molar-refractivity contribution in [2.24, 2.45) is 0 Å². The van der Waals surface area contributed by atoms with Gasteiger partial charge < -0.3 is 14.9 Å². The van der Waals surface area contributed by atoms with Crippen LogP contribution in [0.15, 0.2) is 48.5 Å². The zero-order valence-corrected chi connectivity index (χ0v) is 18.0. The fourth-order valence-electron chi connectivity index (χ4n) is 4.81. The Morgan fingerprint density at radius 2 is 1.62 bits per heavy atom. The van der Waals surface area contributed by atoms with Crippen LogP contribution in [-0.2, 0) is 6.42 Å². The van der Waals surface area contributed by atoms with E-state index in [0.29, 0.717) is 61.9 Å². The third-order valence-corrected chi connectivity index (χ3v) is 6.44. The first-order chi connectivity index (χ1) is 15.5. The summed E-state index contributed by atoms with van der Waals surface area (Å²) in [4.78, 5) is 26.5. The number of nitrogens with zero attached hydrogens (tertiary/aromatic N) is 4. The van der Waals surface area contributed by atoms with E-state index in [-0.39, 0.29) is 23.3 Å². The molecular weight excluding hydrogens is 407 g/mol. The summed E-state index contributed by atoms with van der Waals surface area (Å²) >= 11 is 0. The van der Waals surface area contributed by atoms with Crippen LogP contribution in [-0.4, -0.2) is 47.0 Å². The molecule has 0 bridgehead atoms. The van der Waals surface area contributed by atoms with E-state index in [9.17, 15) is 14.3 Å². The van der Waals surface area contributed by atoms with Gasteiger partial charge in [-0.3, -0.25) is 4.79 Å². The third kappa shape index (κ3) is 3.68. The summed E-state index contributed by atoms with van der Waals surface area (Å²) in [6.07, 6.45) is 0.930. The highest BCUT2D eigenvalue weighted by Crippen LogP contribution is 2.37. The van der Waals surface area contributed by atoms with Crippen molar-refractivity contribution in [1.82, 2.24) is 9.97 Å². The van der Waals surface area contributed by atoms with Gasteiger partial charge in [-0.15, -0.1) is 0 Å². The number of hydrogen-bond acceptors (Lipinski definition) is 6. The number of rotatable bonds is 3. The van der Waals surface area contributed by atoms with Gasteiger partial charge in [0, 0.05) is 38.5 Å². The van der Waals surface area contributed by atoms with Crippen molar-refractivity contribution in [3.63, 3.8) is 0 Å². The number of Topliss-reactive ketones (excluding diaryl/α,β-unsaturated/α-hetero) is 1. The van der Waals surface area contributed by atoms with E-state index >= 15 is 0 Å². The first-order valence-corrected chi connectivity index (χ1v) is 10.9. The van der Waals surface area contributed by atoms with Gasteiger partial charge in [0.1, 0.15) is 11.6 Å². The normalized spacial score (nSPS) is 18.6. The highest BCUT2D eigenvalue weighted by Gasteiger charge is 2.32. The lowest BCUT2D eigenvalue weighted by Crippen LogP contribution is -2.47. The summed E-state index contributed by atoms with van der Waals surface area (Å²) in [5.41, 5.74) is 3.45. The van der Waals surface area contributed by atoms with Gasteiger partial charge in [-0.2, -0.15) is 0 Å². The van der Waals surface area contributed by atoms with Crippen LogP contribution in [0.3, 0.4) is 0 Å². The van der Waals surface area contributed by atoms with Crippen LogP contribution in [0.2, 0.25) is 0 Å². The van der Waals surface area contributed by atoms with Crippen LogP contribution in [0.5, 0.6) is 5.75 Å². The van der Waals surface area contributed by atoms with E-state index < -0.39 is 0 Å². The van der Waals surface area contributed by atoms with Crippen molar-refractivity contribution >= 4 is 17.4 Å². The largest absolute Gasteiger partial charge is 0.508 e. The van der Waals surface area contributed by atoms with Gasteiger partial charge >= 0.3 is 0 Å². The van der Waals surface area contributed by atoms with Gasteiger partial charge in [0.15, 0.2) is 5.78 Å². The van der Waals surface area contributed by atoms with Crippen LogP contribution in [0.4, 0.5) is 16.0 Å². The number of ketones is 1. The number of phenols is 1. The Labute approximate surface area is 186 Å². The highest BCUT2D eigenvalue weighted by molar-refractivity contribution is 5.99. The van der Waals surface area contributed by atoms with Crippen LogP contribution < -0.4 is 9.80 Å². The molecule has 0 spiro atoms. The Hall–Kier alpha value is -3.48. The van der Waals surface area contributed by atoms with Gasteiger partial charge in [-0.1, -0.05) is 30.3 Å². The highest BCUT2D eigenvalue weighted by atomic mass is 19.1. The summed E-state index contributed by atoms with van der Waals surface area (Å²) in [5, 5.41) is 10.3. The number of piperazine rings is 1. The topological polar surface area (TPSA) is 69.6 Å². The monoisotopic (exact) mass is 432 g/mol.